The zero-order chi connectivity index (χ0) is 19.8. The smallest absolute Gasteiger partial charge is 0.322 e. The van der Waals surface area contributed by atoms with Crippen molar-refractivity contribution in [1.82, 2.24) is 19.8 Å². The lowest BCUT2D eigenvalue weighted by Gasteiger charge is -2.37. The number of sulfonamides is 1. The lowest BCUT2D eigenvalue weighted by atomic mass is 9.88. The van der Waals surface area contributed by atoms with Crippen LogP contribution in [0.3, 0.4) is 0 Å². The number of carbonyl (C=O) groups is 3. The molecule has 146 valence electrons. The maximum atomic E-state index is 12.6. The molecule has 11 heteroatoms. The summed E-state index contributed by atoms with van der Waals surface area (Å²) in [5.41, 5.74) is -0.977. The topological polar surface area (TPSA) is 116 Å². The standard InChI is InChI=1S/C16H19ClN4O5S/c1-20(27(25,26)12-4-2-11(17)3-5-12)10-13(22)21-8-6-16(7-9-21)14(23)18-15(24)19-16/h2-5H,6-10H2,1H3,(H2,18,19,23,24). The first kappa shape index (κ1) is 19.6. The Hall–Kier alpha value is -2.17. The van der Waals surface area contributed by atoms with Crippen molar-refractivity contribution in [3.63, 3.8) is 0 Å². The summed E-state index contributed by atoms with van der Waals surface area (Å²) in [7, 11) is -2.49. The van der Waals surface area contributed by atoms with E-state index < -0.39 is 21.6 Å². The molecular weight excluding hydrogens is 396 g/mol. The van der Waals surface area contributed by atoms with E-state index in [2.05, 4.69) is 10.6 Å². The lowest BCUT2D eigenvalue weighted by Crippen LogP contribution is -2.56. The molecule has 0 radical (unpaired) electrons. The maximum absolute atomic E-state index is 12.6. The van der Waals surface area contributed by atoms with Gasteiger partial charge in [-0.25, -0.2) is 13.2 Å². The molecular formula is C16H19ClN4O5S. The Bertz CT molecular complexity index is 879. The van der Waals surface area contributed by atoms with E-state index in [0.29, 0.717) is 5.02 Å². The Morgan fingerprint density at radius 3 is 2.33 bits per heavy atom. The lowest BCUT2D eigenvalue weighted by molar-refractivity contribution is -0.135. The van der Waals surface area contributed by atoms with Crippen LogP contribution < -0.4 is 10.6 Å². The van der Waals surface area contributed by atoms with E-state index in [9.17, 15) is 22.8 Å². The molecule has 4 amide bonds. The van der Waals surface area contributed by atoms with E-state index >= 15 is 0 Å². The largest absolute Gasteiger partial charge is 0.341 e. The first-order valence-electron chi connectivity index (χ1n) is 8.27. The molecule has 2 aliphatic rings. The van der Waals surface area contributed by atoms with Crippen molar-refractivity contribution >= 4 is 39.5 Å². The second kappa shape index (κ2) is 7.10. The van der Waals surface area contributed by atoms with Crippen LogP contribution in [0.25, 0.3) is 0 Å². The second-order valence-electron chi connectivity index (χ2n) is 6.59. The van der Waals surface area contributed by atoms with Gasteiger partial charge in [0.15, 0.2) is 0 Å². The molecule has 27 heavy (non-hydrogen) atoms. The predicted molar refractivity (Wildman–Crippen MR) is 96.5 cm³/mol. The summed E-state index contributed by atoms with van der Waals surface area (Å²) in [6.45, 7) is 0.180. The van der Waals surface area contributed by atoms with Crippen molar-refractivity contribution in [2.45, 2.75) is 23.3 Å². The highest BCUT2D eigenvalue weighted by molar-refractivity contribution is 7.89. The number of imide groups is 1. The van der Waals surface area contributed by atoms with Gasteiger partial charge >= 0.3 is 6.03 Å². The number of benzene rings is 1. The van der Waals surface area contributed by atoms with Crippen LogP contribution in [0.1, 0.15) is 12.8 Å². The number of nitrogens with zero attached hydrogens (tertiary/aromatic N) is 2. The van der Waals surface area contributed by atoms with Gasteiger partial charge in [0.05, 0.1) is 11.4 Å². The normalized spacial score (nSPS) is 19.3. The minimum Gasteiger partial charge on any atom is -0.341 e. The van der Waals surface area contributed by atoms with Gasteiger partial charge < -0.3 is 10.2 Å². The fourth-order valence-corrected chi connectivity index (χ4v) is 4.43. The number of likely N-dealkylation sites (tertiary alicyclic amines) is 1. The van der Waals surface area contributed by atoms with Crippen LogP contribution in [-0.2, 0) is 19.6 Å². The molecule has 2 N–H and O–H groups in total. The van der Waals surface area contributed by atoms with E-state index in [1.807, 2.05) is 0 Å². The van der Waals surface area contributed by atoms with Gasteiger partial charge in [0.2, 0.25) is 15.9 Å². The van der Waals surface area contributed by atoms with Gasteiger partial charge in [-0.1, -0.05) is 11.6 Å². The highest BCUT2D eigenvalue weighted by Crippen LogP contribution is 2.26. The van der Waals surface area contributed by atoms with Crippen LogP contribution in [0.15, 0.2) is 29.2 Å². The SMILES string of the molecule is CN(CC(=O)N1CCC2(CC1)NC(=O)NC2=O)S(=O)(=O)c1ccc(Cl)cc1. The van der Waals surface area contributed by atoms with Crippen molar-refractivity contribution in [2.75, 3.05) is 26.7 Å². The molecule has 0 aromatic heterocycles. The Kier molecular flexibility index (Phi) is 5.15. The molecule has 0 atom stereocenters. The van der Waals surface area contributed by atoms with Gasteiger partial charge in [0.25, 0.3) is 5.91 Å². The molecule has 0 saturated carbocycles. The molecule has 1 aromatic carbocycles. The molecule has 3 rings (SSSR count). The molecule has 0 aliphatic carbocycles. The van der Waals surface area contributed by atoms with Gasteiger partial charge in [-0.05, 0) is 37.1 Å². The van der Waals surface area contributed by atoms with E-state index in [1.54, 1.807) is 0 Å². The van der Waals surface area contributed by atoms with Crippen molar-refractivity contribution in [3.05, 3.63) is 29.3 Å². The average molecular weight is 415 g/mol. The third-order valence-electron chi connectivity index (χ3n) is 4.86. The van der Waals surface area contributed by atoms with E-state index in [-0.39, 0.29) is 49.2 Å². The monoisotopic (exact) mass is 414 g/mol. The number of rotatable bonds is 4. The number of likely N-dealkylation sites (N-methyl/N-ethyl adjacent to an activating group) is 1. The van der Waals surface area contributed by atoms with Crippen molar-refractivity contribution < 1.29 is 22.8 Å². The quantitative estimate of drug-likeness (QED) is 0.681. The third-order valence-corrected chi connectivity index (χ3v) is 6.93. The molecule has 1 spiro atoms. The molecule has 2 saturated heterocycles. The van der Waals surface area contributed by atoms with Crippen molar-refractivity contribution in [3.8, 4) is 0 Å². The van der Waals surface area contributed by atoms with Crippen LogP contribution >= 0.6 is 11.6 Å². The van der Waals surface area contributed by atoms with E-state index in [0.717, 1.165) is 4.31 Å². The Balaban J connectivity index is 1.62. The molecule has 9 nitrogen and oxygen atoms in total. The summed E-state index contributed by atoms with van der Waals surface area (Å²) in [6.07, 6.45) is 0.563. The Morgan fingerprint density at radius 2 is 1.81 bits per heavy atom. The molecule has 1 aromatic rings. The number of hydrogen-bond acceptors (Lipinski definition) is 5. The fourth-order valence-electron chi connectivity index (χ4n) is 3.18. The number of hydrogen-bond donors (Lipinski definition) is 2. The summed E-state index contributed by atoms with van der Waals surface area (Å²) in [5, 5.41) is 5.24. The van der Waals surface area contributed by atoms with Crippen LogP contribution in [0.4, 0.5) is 4.79 Å². The van der Waals surface area contributed by atoms with Crippen molar-refractivity contribution in [1.29, 1.82) is 0 Å². The number of piperidine rings is 1. The zero-order valence-corrected chi connectivity index (χ0v) is 16.1. The number of urea groups is 1. The van der Waals surface area contributed by atoms with E-state index in [4.69, 9.17) is 11.6 Å². The number of halogens is 1. The summed E-state index contributed by atoms with van der Waals surface area (Å²) in [5.74, 6) is -0.753. The van der Waals surface area contributed by atoms with Gasteiger partial charge in [0.1, 0.15) is 5.54 Å². The first-order valence-corrected chi connectivity index (χ1v) is 10.1. The summed E-state index contributed by atoms with van der Waals surface area (Å²) in [6, 6.07) is 5.16. The van der Waals surface area contributed by atoms with Gasteiger partial charge in [-0.15, -0.1) is 0 Å². The Morgan fingerprint density at radius 1 is 1.22 bits per heavy atom. The second-order valence-corrected chi connectivity index (χ2v) is 9.07. The molecule has 2 fully saturated rings. The first-order chi connectivity index (χ1) is 12.6. The number of nitrogens with one attached hydrogen (secondary N) is 2. The zero-order valence-electron chi connectivity index (χ0n) is 14.6. The molecule has 0 bridgehead atoms. The highest BCUT2D eigenvalue weighted by Gasteiger charge is 2.48. The fraction of sp³-hybridized carbons (Fsp3) is 0.438. The van der Waals surface area contributed by atoms with Gasteiger partial charge in [-0.2, -0.15) is 4.31 Å². The predicted octanol–water partition coefficient (Wildman–Crippen LogP) is 0.161. The maximum Gasteiger partial charge on any atom is 0.322 e. The van der Waals surface area contributed by atoms with Crippen LogP contribution in [0.5, 0.6) is 0 Å². The number of amides is 4. The van der Waals surface area contributed by atoms with E-state index in [1.165, 1.54) is 36.2 Å². The minimum atomic E-state index is -3.82. The Labute approximate surface area is 161 Å². The molecule has 2 aliphatic heterocycles. The van der Waals surface area contributed by atoms with Crippen molar-refractivity contribution in [2.24, 2.45) is 0 Å². The van der Waals surface area contributed by atoms with Crippen LogP contribution in [0.2, 0.25) is 5.02 Å². The van der Waals surface area contributed by atoms with Crippen LogP contribution in [0, 0.1) is 0 Å². The molecule has 2 heterocycles. The number of carbonyl (C=O) groups excluding carboxylic acids is 3. The minimum absolute atomic E-state index is 0.0464. The van der Waals surface area contributed by atoms with Gasteiger partial charge in [0, 0.05) is 25.2 Å². The molecule has 0 unspecified atom stereocenters. The third kappa shape index (κ3) is 3.78. The van der Waals surface area contributed by atoms with Crippen LogP contribution in [-0.4, -0.2) is 67.7 Å². The highest BCUT2D eigenvalue weighted by atomic mass is 35.5. The van der Waals surface area contributed by atoms with Gasteiger partial charge in [-0.3, -0.25) is 14.9 Å². The summed E-state index contributed by atoms with van der Waals surface area (Å²) in [4.78, 5) is 37.3. The summed E-state index contributed by atoms with van der Waals surface area (Å²) < 4.78 is 26.1. The average Bonchev–Trinajstić information content (AvgIpc) is 2.88. The summed E-state index contributed by atoms with van der Waals surface area (Å²) >= 11 is 5.77.